The summed E-state index contributed by atoms with van der Waals surface area (Å²) in [7, 11) is 0. The maximum Gasteiger partial charge on any atom is 0.110 e. The minimum atomic E-state index is 0.231. The minimum Gasteiger partial charge on any atom is -0.508 e. The van der Waals surface area contributed by atoms with Crippen LogP contribution in [0.15, 0.2) is 24.5 Å². The van der Waals surface area contributed by atoms with Crippen molar-refractivity contribution in [1.29, 1.82) is 0 Å². The van der Waals surface area contributed by atoms with Crippen LogP contribution in [0, 0.1) is 0 Å². The lowest BCUT2D eigenvalue weighted by Crippen LogP contribution is -1.64. The molecule has 0 rings (SSSR count). The number of hydrogen-bond acceptors (Lipinski definition) is 1. The summed E-state index contributed by atoms with van der Waals surface area (Å²) >= 11 is 0. The lowest BCUT2D eigenvalue weighted by Gasteiger charge is -1.78. The Bertz CT molecular complexity index is 72.0. The molecule has 6 heavy (non-hydrogen) atoms. The summed E-state index contributed by atoms with van der Waals surface area (Å²) in [6, 6.07) is 0. The van der Waals surface area contributed by atoms with Gasteiger partial charge in [-0.2, -0.15) is 0 Å². The predicted molar refractivity (Wildman–Crippen MR) is 26.6 cm³/mol. The Balaban J connectivity index is 3.50. The van der Waals surface area contributed by atoms with Crippen molar-refractivity contribution in [3.05, 3.63) is 24.5 Å². The molecule has 0 aromatic rings. The second-order valence-electron chi connectivity index (χ2n) is 0.918. The van der Waals surface area contributed by atoms with Crippen LogP contribution in [-0.4, -0.2) is 5.11 Å². The van der Waals surface area contributed by atoms with Crippen LogP contribution in [-0.2, 0) is 0 Å². The smallest absolute Gasteiger partial charge is 0.110 e. The van der Waals surface area contributed by atoms with Gasteiger partial charge in [-0.1, -0.05) is 6.58 Å². The molecule has 0 aliphatic carbocycles. The van der Waals surface area contributed by atoms with Gasteiger partial charge in [-0.25, -0.2) is 0 Å². The first-order valence-corrected chi connectivity index (χ1v) is 1.79. The highest BCUT2D eigenvalue weighted by Crippen LogP contribution is 1.83. The van der Waals surface area contributed by atoms with E-state index >= 15 is 0 Å². The van der Waals surface area contributed by atoms with Gasteiger partial charge in [0, 0.05) is 0 Å². The van der Waals surface area contributed by atoms with E-state index < -0.39 is 0 Å². The standard InChI is InChI=1S/C5H8O/c1-3-5(6)4-2/h3-4,6H,1H2,2H3/b5-4+. The SMILES string of the molecule is C=C/C(O)=C\C. The van der Waals surface area contributed by atoms with E-state index in [0.29, 0.717) is 0 Å². The van der Waals surface area contributed by atoms with Gasteiger partial charge in [0.15, 0.2) is 0 Å². The highest BCUT2D eigenvalue weighted by molar-refractivity contribution is 5.04. The van der Waals surface area contributed by atoms with E-state index in [1.54, 1.807) is 13.0 Å². The Morgan fingerprint density at radius 1 is 1.83 bits per heavy atom. The molecule has 0 atom stereocenters. The number of allylic oxidation sites excluding steroid dienone is 2. The maximum atomic E-state index is 8.41. The molecular formula is C5H8O. The Morgan fingerprint density at radius 3 is 2.33 bits per heavy atom. The van der Waals surface area contributed by atoms with Crippen molar-refractivity contribution >= 4 is 0 Å². The molecule has 1 heteroatoms. The molecule has 0 unspecified atom stereocenters. The van der Waals surface area contributed by atoms with Gasteiger partial charge in [0.2, 0.25) is 0 Å². The molecule has 0 spiro atoms. The lowest BCUT2D eigenvalue weighted by molar-refractivity contribution is 0.432. The Labute approximate surface area is 37.6 Å². The van der Waals surface area contributed by atoms with E-state index in [4.69, 9.17) is 5.11 Å². The van der Waals surface area contributed by atoms with Gasteiger partial charge in [0.05, 0.1) is 0 Å². The second-order valence-corrected chi connectivity index (χ2v) is 0.918. The molecule has 0 aromatic heterocycles. The molecule has 0 aliphatic rings. The van der Waals surface area contributed by atoms with Gasteiger partial charge in [-0.15, -0.1) is 0 Å². The number of hydrogen-bond donors (Lipinski definition) is 1. The summed E-state index contributed by atoms with van der Waals surface area (Å²) < 4.78 is 0. The highest BCUT2D eigenvalue weighted by atomic mass is 16.3. The van der Waals surface area contributed by atoms with E-state index in [-0.39, 0.29) is 5.76 Å². The van der Waals surface area contributed by atoms with Crippen LogP contribution in [0.1, 0.15) is 6.92 Å². The number of aliphatic hydroxyl groups is 1. The fourth-order valence-electron chi connectivity index (χ4n) is 0.118. The number of aliphatic hydroxyl groups excluding tert-OH is 1. The van der Waals surface area contributed by atoms with Gasteiger partial charge in [-0.05, 0) is 19.1 Å². The minimum absolute atomic E-state index is 0.231. The van der Waals surface area contributed by atoms with Crippen molar-refractivity contribution in [2.75, 3.05) is 0 Å². The first kappa shape index (κ1) is 5.28. The summed E-state index contributed by atoms with van der Waals surface area (Å²) in [6.07, 6.45) is 2.97. The van der Waals surface area contributed by atoms with Gasteiger partial charge in [0.25, 0.3) is 0 Å². The molecule has 34 valence electrons. The summed E-state index contributed by atoms with van der Waals surface area (Å²) in [5.74, 6) is 0.231. The van der Waals surface area contributed by atoms with Crippen LogP contribution in [0.3, 0.4) is 0 Å². The summed E-state index contributed by atoms with van der Waals surface area (Å²) in [4.78, 5) is 0. The van der Waals surface area contributed by atoms with E-state index in [2.05, 4.69) is 6.58 Å². The maximum absolute atomic E-state index is 8.41. The molecule has 1 N–H and O–H groups in total. The van der Waals surface area contributed by atoms with Crippen LogP contribution in [0.5, 0.6) is 0 Å². The molecule has 0 aliphatic heterocycles. The average Bonchev–Trinajstić information content (AvgIpc) is 1.65. The van der Waals surface area contributed by atoms with Crippen molar-refractivity contribution in [2.24, 2.45) is 0 Å². The first-order chi connectivity index (χ1) is 2.81. The normalized spacial score (nSPS) is 11.2. The molecule has 0 fully saturated rings. The first-order valence-electron chi connectivity index (χ1n) is 1.79. The van der Waals surface area contributed by atoms with Gasteiger partial charge in [0.1, 0.15) is 5.76 Å². The second kappa shape index (κ2) is 2.51. The average molecular weight is 84.1 g/mol. The van der Waals surface area contributed by atoms with E-state index in [9.17, 15) is 0 Å². The topological polar surface area (TPSA) is 20.2 Å². The zero-order valence-electron chi connectivity index (χ0n) is 3.81. The lowest BCUT2D eigenvalue weighted by atomic mass is 10.5. The molecule has 0 saturated heterocycles. The molecule has 0 heterocycles. The third kappa shape index (κ3) is 1.58. The summed E-state index contributed by atoms with van der Waals surface area (Å²) in [5, 5.41) is 8.41. The van der Waals surface area contributed by atoms with Gasteiger partial charge >= 0.3 is 0 Å². The van der Waals surface area contributed by atoms with Crippen LogP contribution in [0.2, 0.25) is 0 Å². The zero-order chi connectivity index (χ0) is 4.99. The van der Waals surface area contributed by atoms with Crippen LogP contribution in [0.25, 0.3) is 0 Å². The van der Waals surface area contributed by atoms with Crippen molar-refractivity contribution in [1.82, 2.24) is 0 Å². The van der Waals surface area contributed by atoms with Crippen LogP contribution in [0.4, 0.5) is 0 Å². The molecule has 0 aromatic carbocycles. The molecule has 0 amide bonds. The van der Waals surface area contributed by atoms with E-state index in [0.717, 1.165) is 0 Å². The van der Waals surface area contributed by atoms with Crippen molar-refractivity contribution in [3.8, 4) is 0 Å². The van der Waals surface area contributed by atoms with Crippen molar-refractivity contribution in [2.45, 2.75) is 6.92 Å². The monoisotopic (exact) mass is 84.1 g/mol. The Morgan fingerprint density at radius 2 is 2.33 bits per heavy atom. The van der Waals surface area contributed by atoms with Gasteiger partial charge in [-0.3, -0.25) is 0 Å². The summed E-state index contributed by atoms with van der Waals surface area (Å²) in [5.41, 5.74) is 0. The molecular weight excluding hydrogens is 76.1 g/mol. The summed E-state index contributed by atoms with van der Waals surface area (Å²) in [6.45, 7) is 5.06. The molecule has 0 saturated carbocycles. The third-order valence-electron chi connectivity index (χ3n) is 0.505. The Kier molecular flexibility index (Phi) is 2.21. The van der Waals surface area contributed by atoms with Crippen molar-refractivity contribution < 1.29 is 5.11 Å². The molecule has 0 bridgehead atoms. The molecule has 0 radical (unpaired) electrons. The van der Waals surface area contributed by atoms with Gasteiger partial charge < -0.3 is 5.11 Å². The van der Waals surface area contributed by atoms with E-state index in [1.165, 1.54) is 6.08 Å². The van der Waals surface area contributed by atoms with E-state index in [1.807, 2.05) is 0 Å². The van der Waals surface area contributed by atoms with Crippen LogP contribution < -0.4 is 0 Å². The zero-order valence-corrected chi connectivity index (χ0v) is 3.81. The largest absolute Gasteiger partial charge is 0.508 e. The highest BCUT2D eigenvalue weighted by Gasteiger charge is 1.69. The fraction of sp³-hybridized carbons (Fsp3) is 0.200. The van der Waals surface area contributed by atoms with Crippen LogP contribution >= 0.6 is 0 Å². The number of rotatable bonds is 1. The fourth-order valence-corrected chi connectivity index (χ4v) is 0.118. The predicted octanol–water partition coefficient (Wildman–Crippen LogP) is 1.63. The third-order valence-corrected chi connectivity index (χ3v) is 0.505. The quantitative estimate of drug-likeness (QED) is 0.378. The van der Waals surface area contributed by atoms with Crippen molar-refractivity contribution in [3.63, 3.8) is 0 Å². The Hall–Kier alpha value is -0.720. The molecule has 1 nitrogen and oxygen atoms in total.